The number of carboxylic acids is 1. The predicted molar refractivity (Wildman–Crippen MR) is 77.9 cm³/mol. The zero-order valence-corrected chi connectivity index (χ0v) is 12.7. The van der Waals surface area contributed by atoms with Crippen molar-refractivity contribution in [2.24, 2.45) is 11.8 Å². The van der Waals surface area contributed by atoms with Crippen LogP contribution >= 0.6 is 0 Å². The van der Waals surface area contributed by atoms with Gasteiger partial charge in [0.1, 0.15) is 0 Å². The van der Waals surface area contributed by atoms with Crippen LogP contribution in [0, 0.1) is 11.8 Å². The Balaban J connectivity index is 1.81. The van der Waals surface area contributed by atoms with Gasteiger partial charge in [0, 0.05) is 19.6 Å². The van der Waals surface area contributed by atoms with E-state index in [1.165, 1.54) is 0 Å². The Morgan fingerprint density at radius 1 is 1.29 bits per heavy atom. The fourth-order valence-electron chi connectivity index (χ4n) is 3.28. The summed E-state index contributed by atoms with van der Waals surface area (Å²) in [5.41, 5.74) is 0. The largest absolute Gasteiger partial charge is 0.481 e. The van der Waals surface area contributed by atoms with Crippen molar-refractivity contribution in [3.05, 3.63) is 0 Å². The van der Waals surface area contributed by atoms with E-state index < -0.39 is 11.9 Å². The van der Waals surface area contributed by atoms with Crippen molar-refractivity contribution in [3.8, 4) is 0 Å². The zero-order chi connectivity index (χ0) is 15.2. The standard InChI is InChI=1S/C15H26N2O4/c1-2-17-7-8-21-11(10-17)9-16-14(18)12-5-3-4-6-13(12)15(19)20/h11-13H,2-10H2,1H3,(H,16,18)(H,19,20). The Morgan fingerprint density at radius 2 is 2.00 bits per heavy atom. The maximum atomic E-state index is 12.3. The Labute approximate surface area is 125 Å². The lowest BCUT2D eigenvalue weighted by Crippen LogP contribution is -2.49. The van der Waals surface area contributed by atoms with E-state index in [1.54, 1.807) is 0 Å². The molecule has 1 saturated carbocycles. The molecule has 1 aliphatic heterocycles. The van der Waals surface area contributed by atoms with Gasteiger partial charge in [-0.15, -0.1) is 0 Å². The first-order valence-corrected chi connectivity index (χ1v) is 7.96. The van der Waals surface area contributed by atoms with Gasteiger partial charge in [-0.2, -0.15) is 0 Å². The Bertz CT molecular complexity index is 375. The van der Waals surface area contributed by atoms with Crippen molar-refractivity contribution in [1.29, 1.82) is 0 Å². The highest BCUT2D eigenvalue weighted by molar-refractivity contribution is 5.84. The molecule has 1 heterocycles. The molecule has 1 amide bonds. The van der Waals surface area contributed by atoms with Crippen molar-refractivity contribution in [1.82, 2.24) is 10.2 Å². The minimum absolute atomic E-state index is 0.00881. The molecular formula is C15H26N2O4. The third-order valence-corrected chi connectivity index (χ3v) is 4.59. The lowest BCUT2D eigenvalue weighted by Gasteiger charge is -2.33. The highest BCUT2D eigenvalue weighted by Crippen LogP contribution is 2.30. The minimum atomic E-state index is -0.846. The lowest BCUT2D eigenvalue weighted by atomic mass is 9.78. The molecule has 2 fully saturated rings. The van der Waals surface area contributed by atoms with E-state index in [9.17, 15) is 14.7 Å². The third-order valence-electron chi connectivity index (χ3n) is 4.59. The molecule has 0 radical (unpaired) electrons. The van der Waals surface area contributed by atoms with Gasteiger partial charge in [0.15, 0.2) is 0 Å². The fourth-order valence-corrected chi connectivity index (χ4v) is 3.28. The third kappa shape index (κ3) is 4.41. The van der Waals surface area contributed by atoms with Gasteiger partial charge in [0.25, 0.3) is 0 Å². The molecule has 21 heavy (non-hydrogen) atoms. The average molecular weight is 298 g/mol. The number of ether oxygens (including phenoxy) is 1. The monoisotopic (exact) mass is 298 g/mol. The first-order chi connectivity index (χ1) is 10.1. The molecule has 3 unspecified atom stereocenters. The summed E-state index contributed by atoms with van der Waals surface area (Å²) in [5.74, 6) is -1.89. The number of nitrogens with zero attached hydrogens (tertiary/aromatic N) is 1. The Kier molecular flexibility index (Phi) is 5.99. The van der Waals surface area contributed by atoms with Crippen molar-refractivity contribution in [2.45, 2.75) is 38.7 Å². The van der Waals surface area contributed by atoms with Crippen LogP contribution in [0.3, 0.4) is 0 Å². The maximum absolute atomic E-state index is 12.3. The van der Waals surface area contributed by atoms with Gasteiger partial charge >= 0.3 is 5.97 Å². The number of nitrogens with one attached hydrogen (secondary N) is 1. The van der Waals surface area contributed by atoms with Gasteiger partial charge < -0.3 is 15.2 Å². The molecule has 0 aromatic carbocycles. The highest BCUT2D eigenvalue weighted by atomic mass is 16.5. The maximum Gasteiger partial charge on any atom is 0.307 e. The second-order valence-corrected chi connectivity index (χ2v) is 5.97. The number of hydrogen-bond donors (Lipinski definition) is 2. The van der Waals surface area contributed by atoms with Crippen molar-refractivity contribution in [2.75, 3.05) is 32.8 Å². The number of morpholine rings is 1. The van der Waals surface area contributed by atoms with Crippen LogP contribution in [0.2, 0.25) is 0 Å². The number of aliphatic carboxylic acids is 1. The fraction of sp³-hybridized carbons (Fsp3) is 0.867. The predicted octanol–water partition coefficient (Wildman–Crippen LogP) is 0.714. The van der Waals surface area contributed by atoms with Crippen molar-refractivity contribution >= 4 is 11.9 Å². The summed E-state index contributed by atoms with van der Waals surface area (Å²) < 4.78 is 5.65. The molecule has 1 aliphatic carbocycles. The van der Waals surface area contributed by atoms with E-state index in [1.807, 2.05) is 0 Å². The van der Waals surface area contributed by atoms with Crippen LogP contribution in [0.25, 0.3) is 0 Å². The van der Waals surface area contributed by atoms with Gasteiger partial charge in [0.2, 0.25) is 5.91 Å². The smallest absolute Gasteiger partial charge is 0.307 e. The summed E-state index contributed by atoms with van der Waals surface area (Å²) >= 11 is 0. The van der Waals surface area contributed by atoms with Gasteiger partial charge in [-0.25, -0.2) is 0 Å². The molecular weight excluding hydrogens is 272 g/mol. The SMILES string of the molecule is CCN1CCOC(CNC(=O)C2CCCCC2C(=O)O)C1. The average Bonchev–Trinajstić information content (AvgIpc) is 2.52. The summed E-state index contributed by atoms with van der Waals surface area (Å²) in [6.45, 7) is 6.01. The number of likely N-dealkylation sites (N-methyl/N-ethyl adjacent to an activating group) is 1. The summed E-state index contributed by atoms with van der Waals surface area (Å²) in [5, 5.41) is 12.1. The normalized spacial score (nSPS) is 30.8. The number of amides is 1. The summed E-state index contributed by atoms with van der Waals surface area (Å²) in [6, 6.07) is 0. The minimum Gasteiger partial charge on any atom is -0.481 e. The van der Waals surface area contributed by atoms with Crippen molar-refractivity contribution < 1.29 is 19.4 Å². The quantitative estimate of drug-likeness (QED) is 0.781. The van der Waals surface area contributed by atoms with E-state index in [2.05, 4.69) is 17.1 Å². The zero-order valence-electron chi connectivity index (χ0n) is 12.7. The first-order valence-electron chi connectivity index (χ1n) is 7.96. The van der Waals surface area contributed by atoms with Crippen LogP contribution < -0.4 is 5.32 Å². The molecule has 1 saturated heterocycles. The van der Waals surface area contributed by atoms with E-state index in [4.69, 9.17) is 4.74 Å². The van der Waals surface area contributed by atoms with E-state index in [0.29, 0.717) is 26.0 Å². The second kappa shape index (κ2) is 7.75. The molecule has 6 heteroatoms. The van der Waals surface area contributed by atoms with Crippen LogP contribution in [0.1, 0.15) is 32.6 Å². The van der Waals surface area contributed by atoms with E-state index >= 15 is 0 Å². The Morgan fingerprint density at radius 3 is 2.67 bits per heavy atom. The number of carbonyl (C=O) groups is 2. The summed E-state index contributed by atoms with van der Waals surface area (Å²) in [6.07, 6.45) is 3.13. The summed E-state index contributed by atoms with van der Waals surface area (Å²) in [7, 11) is 0. The van der Waals surface area contributed by atoms with Gasteiger partial charge in [-0.1, -0.05) is 19.8 Å². The number of carbonyl (C=O) groups excluding carboxylic acids is 1. The topological polar surface area (TPSA) is 78.9 Å². The van der Waals surface area contributed by atoms with Crippen LogP contribution in [0.4, 0.5) is 0 Å². The van der Waals surface area contributed by atoms with Gasteiger partial charge in [-0.3, -0.25) is 14.5 Å². The molecule has 2 N–H and O–H groups in total. The number of carboxylic acid groups (broad SMARTS) is 1. The van der Waals surface area contributed by atoms with Crippen LogP contribution in [0.5, 0.6) is 0 Å². The molecule has 6 nitrogen and oxygen atoms in total. The van der Waals surface area contributed by atoms with Crippen molar-refractivity contribution in [3.63, 3.8) is 0 Å². The van der Waals surface area contributed by atoms with Gasteiger partial charge in [0.05, 0.1) is 24.5 Å². The highest BCUT2D eigenvalue weighted by Gasteiger charge is 2.35. The van der Waals surface area contributed by atoms with Crippen LogP contribution in [0.15, 0.2) is 0 Å². The second-order valence-electron chi connectivity index (χ2n) is 5.97. The molecule has 0 aromatic rings. The molecule has 120 valence electrons. The first kappa shape index (κ1) is 16.2. The Hall–Kier alpha value is -1.14. The summed E-state index contributed by atoms with van der Waals surface area (Å²) in [4.78, 5) is 25.8. The molecule has 2 rings (SSSR count). The molecule has 3 atom stereocenters. The molecule has 0 bridgehead atoms. The molecule has 0 aromatic heterocycles. The van der Waals surface area contributed by atoms with E-state index in [-0.39, 0.29) is 17.9 Å². The van der Waals surface area contributed by atoms with Crippen LogP contribution in [-0.2, 0) is 14.3 Å². The van der Waals surface area contributed by atoms with E-state index in [0.717, 1.165) is 32.5 Å². The number of rotatable bonds is 5. The van der Waals surface area contributed by atoms with Gasteiger partial charge in [-0.05, 0) is 19.4 Å². The lowest BCUT2D eigenvalue weighted by molar-refractivity contribution is -0.149. The van der Waals surface area contributed by atoms with Crippen LogP contribution in [-0.4, -0.2) is 60.8 Å². The molecule has 2 aliphatic rings. The molecule has 0 spiro atoms. The number of hydrogen-bond acceptors (Lipinski definition) is 4.